The van der Waals surface area contributed by atoms with Crippen LogP contribution >= 0.6 is 0 Å². The molecule has 2 heterocycles. The van der Waals surface area contributed by atoms with Crippen LogP contribution in [0.5, 0.6) is 0 Å². The number of fused-ring (bicyclic) bond motifs is 1. The Hall–Kier alpha value is -2.64. The largest absolute Gasteiger partial charge is 0.326 e. The first-order valence-electron chi connectivity index (χ1n) is 8.43. The maximum Gasteiger partial charge on any atom is 0.318 e. The Labute approximate surface area is 145 Å². The molecule has 0 saturated carbocycles. The minimum absolute atomic E-state index is 0.0746. The maximum atomic E-state index is 12.6. The third-order valence-corrected chi connectivity index (χ3v) is 4.92. The summed E-state index contributed by atoms with van der Waals surface area (Å²) in [4.78, 5) is 37.2. The van der Waals surface area contributed by atoms with E-state index >= 15 is 0 Å². The molecule has 1 aromatic rings. The number of benzene rings is 1. The Bertz CT molecular complexity index is 725. The fourth-order valence-corrected chi connectivity index (χ4v) is 3.55. The molecule has 1 aromatic carbocycles. The van der Waals surface area contributed by atoms with Crippen LogP contribution in [0.2, 0.25) is 0 Å². The van der Waals surface area contributed by atoms with E-state index in [1.54, 1.807) is 11.0 Å². The van der Waals surface area contributed by atoms with Gasteiger partial charge in [0.05, 0.1) is 10.6 Å². The first-order valence-corrected chi connectivity index (χ1v) is 8.43. The SMILES string of the molecule is CC1(C)CC(NC(=O)N2CCCC2)C(=O)Nc2cc([N+](=O)[O-])ccc21. The van der Waals surface area contributed by atoms with Gasteiger partial charge < -0.3 is 15.5 Å². The predicted octanol–water partition coefficient (Wildman–Crippen LogP) is 2.39. The number of hydrogen-bond acceptors (Lipinski definition) is 4. The van der Waals surface area contributed by atoms with Crippen LogP contribution in [0.25, 0.3) is 0 Å². The zero-order valence-corrected chi connectivity index (χ0v) is 14.4. The van der Waals surface area contributed by atoms with Gasteiger partial charge in [-0.2, -0.15) is 0 Å². The Morgan fingerprint density at radius 1 is 1.36 bits per heavy atom. The van der Waals surface area contributed by atoms with Crippen LogP contribution in [0.3, 0.4) is 0 Å². The van der Waals surface area contributed by atoms with Crippen LogP contribution < -0.4 is 10.6 Å². The minimum Gasteiger partial charge on any atom is -0.326 e. The lowest BCUT2D eigenvalue weighted by atomic mass is 9.79. The van der Waals surface area contributed by atoms with Crippen molar-refractivity contribution in [2.45, 2.75) is 44.6 Å². The second kappa shape index (κ2) is 6.34. The quantitative estimate of drug-likeness (QED) is 0.633. The van der Waals surface area contributed by atoms with Crippen molar-refractivity contribution >= 4 is 23.3 Å². The molecule has 0 spiro atoms. The average molecular weight is 346 g/mol. The van der Waals surface area contributed by atoms with Crippen molar-refractivity contribution in [2.75, 3.05) is 18.4 Å². The molecule has 2 aliphatic heterocycles. The van der Waals surface area contributed by atoms with E-state index in [2.05, 4.69) is 10.6 Å². The summed E-state index contributed by atoms with van der Waals surface area (Å²) in [5, 5.41) is 16.6. The molecule has 3 amide bonds. The molecule has 134 valence electrons. The normalized spacial score (nSPS) is 21.9. The van der Waals surface area contributed by atoms with Gasteiger partial charge in [0.15, 0.2) is 0 Å². The third kappa shape index (κ3) is 3.42. The van der Waals surface area contributed by atoms with Gasteiger partial charge in [-0.05, 0) is 36.3 Å². The molecule has 8 heteroatoms. The van der Waals surface area contributed by atoms with Gasteiger partial charge >= 0.3 is 6.03 Å². The number of non-ortho nitro benzene ring substituents is 1. The number of nitrogens with zero attached hydrogens (tertiary/aromatic N) is 2. The second-order valence-corrected chi connectivity index (χ2v) is 7.26. The van der Waals surface area contributed by atoms with Crippen molar-refractivity contribution in [3.05, 3.63) is 33.9 Å². The Morgan fingerprint density at radius 2 is 2.04 bits per heavy atom. The molecule has 1 atom stereocenters. The highest BCUT2D eigenvalue weighted by Crippen LogP contribution is 2.38. The number of hydrogen-bond donors (Lipinski definition) is 2. The number of nitrogens with one attached hydrogen (secondary N) is 2. The summed E-state index contributed by atoms with van der Waals surface area (Å²) in [5.41, 5.74) is 0.757. The molecular formula is C17H22N4O4. The Morgan fingerprint density at radius 3 is 2.68 bits per heavy atom. The molecule has 0 aliphatic carbocycles. The highest BCUT2D eigenvalue weighted by atomic mass is 16.6. The molecule has 1 fully saturated rings. The molecular weight excluding hydrogens is 324 g/mol. The summed E-state index contributed by atoms with van der Waals surface area (Å²) in [5.74, 6) is -0.347. The Kier molecular flexibility index (Phi) is 4.36. The average Bonchev–Trinajstić information content (AvgIpc) is 3.05. The van der Waals surface area contributed by atoms with Crippen molar-refractivity contribution in [2.24, 2.45) is 0 Å². The van der Waals surface area contributed by atoms with Gasteiger partial charge in [0, 0.05) is 25.2 Å². The molecule has 2 N–H and O–H groups in total. The summed E-state index contributed by atoms with van der Waals surface area (Å²) in [6.45, 7) is 5.34. The molecule has 0 radical (unpaired) electrons. The van der Waals surface area contributed by atoms with Gasteiger partial charge in [-0.15, -0.1) is 0 Å². The highest BCUT2D eigenvalue weighted by Gasteiger charge is 2.37. The van der Waals surface area contributed by atoms with Gasteiger partial charge in [-0.1, -0.05) is 13.8 Å². The standard InChI is InChI=1S/C17H22N4O4/c1-17(2)10-14(19-16(23)20-7-3-4-8-20)15(22)18-13-9-11(21(24)25)5-6-12(13)17/h5-6,9,14H,3-4,7-8,10H2,1-2H3,(H,18,22)(H,19,23). The van der Waals surface area contributed by atoms with Crippen molar-refractivity contribution in [3.63, 3.8) is 0 Å². The lowest BCUT2D eigenvalue weighted by Crippen LogP contribution is -2.49. The number of amides is 3. The summed E-state index contributed by atoms with van der Waals surface area (Å²) >= 11 is 0. The fourth-order valence-electron chi connectivity index (χ4n) is 3.55. The van der Waals surface area contributed by atoms with Crippen LogP contribution in [0.4, 0.5) is 16.2 Å². The van der Waals surface area contributed by atoms with Crippen LogP contribution in [-0.2, 0) is 10.2 Å². The van der Waals surface area contributed by atoms with Gasteiger partial charge in [-0.25, -0.2) is 4.79 Å². The number of urea groups is 1. The maximum absolute atomic E-state index is 12.6. The van der Waals surface area contributed by atoms with Crippen molar-refractivity contribution in [1.82, 2.24) is 10.2 Å². The molecule has 3 rings (SSSR count). The van der Waals surface area contributed by atoms with Gasteiger partial charge in [0.1, 0.15) is 6.04 Å². The smallest absolute Gasteiger partial charge is 0.318 e. The summed E-state index contributed by atoms with van der Waals surface area (Å²) in [7, 11) is 0. The molecule has 8 nitrogen and oxygen atoms in total. The lowest BCUT2D eigenvalue weighted by Gasteiger charge is -2.28. The van der Waals surface area contributed by atoms with E-state index < -0.39 is 16.4 Å². The first-order chi connectivity index (χ1) is 11.8. The molecule has 1 unspecified atom stereocenters. The lowest BCUT2D eigenvalue weighted by molar-refractivity contribution is -0.384. The fraction of sp³-hybridized carbons (Fsp3) is 0.529. The van der Waals surface area contributed by atoms with Gasteiger partial charge in [0.2, 0.25) is 5.91 Å². The number of nitro groups is 1. The third-order valence-electron chi connectivity index (χ3n) is 4.92. The van der Waals surface area contributed by atoms with E-state index in [-0.39, 0.29) is 17.6 Å². The first kappa shape index (κ1) is 17.2. The molecule has 25 heavy (non-hydrogen) atoms. The number of nitro benzene ring substituents is 1. The number of carbonyl (C=O) groups is 2. The molecule has 0 aromatic heterocycles. The number of anilines is 1. The monoisotopic (exact) mass is 346 g/mol. The summed E-state index contributed by atoms with van der Waals surface area (Å²) in [6, 6.07) is 3.58. The van der Waals surface area contributed by atoms with E-state index in [0.29, 0.717) is 25.2 Å². The second-order valence-electron chi connectivity index (χ2n) is 7.26. The van der Waals surface area contributed by atoms with Crippen molar-refractivity contribution in [3.8, 4) is 0 Å². The van der Waals surface area contributed by atoms with E-state index in [0.717, 1.165) is 18.4 Å². The molecule has 2 aliphatic rings. The van der Waals surface area contributed by atoms with Crippen molar-refractivity contribution < 1.29 is 14.5 Å². The highest BCUT2D eigenvalue weighted by molar-refractivity contribution is 5.99. The minimum atomic E-state index is -0.686. The number of rotatable bonds is 2. The van der Waals surface area contributed by atoms with E-state index in [1.807, 2.05) is 13.8 Å². The number of carbonyl (C=O) groups excluding carboxylic acids is 2. The van der Waals surface area contributed by atoms with E-state index in [1.165, 1.54) is 12.1 Å². The van der Waals surface area contributed by atoms with E-state index in [4.69, 9.17) is 0 Å². The van der Waals surface area contributed by atoms with E-state index in [9.17, 15) is 19.7 Å². The van der Waals surface area contributed by atoms with Crippen molar-refractivity contribution in [1.29, 1.82) is 0 Å². The molecule has 0 bridgehead atoms. The zero-order valence-electron chi connectivity index (χ0n) is 14.4. The topological polar surface area (TPSA) is 105 Å². The summed E-state index contributed by atoms with van der Waals surface area (Å²) in [6.07, 6.45) is 2.37. The molecule has 1 saturated heterocycles. The summed E-state index contributed by atoms with van der Waals surface area (Å²) < 4.78 is 0. The number of likely N-dealkylation sites (tertiary alicyclic amines) is 1. The van der Waals surface area contributed by atoms with Crippen LogP contribution in [0.15, 0.2) is 18.2 Å². The zero-order chi connectivity index (χ0) is 18.2. The van der Waals surface area contributed by atoms with Crippen LogP contribution in [0.1, 0.15) is 38.7 Å². The predicted molar refractivity (Wildman–Crippen MR) is 92.5 cm³/mol. The van der Waals surface area contributed by atoms with Gasteiger partial charge in [-0.3, -0.25) is 14.9 Å². The van der Waals surface area contributed by atoms with Crippen LogP contribution in [0, 0.1) is 10.1 Å². The van der Waals surface area contributed by atoms with Gasteiger partial charge in [0.25, 0.3) is 5.69 Å². The Balaban J connectivity index is 1.85. The van der Waals surface area contributed by atoms with Crippen LogP contribution in [-0.4, -0.2) is 40.9 Å².